The SMILES string of the molecule is C=CCN(CC=C)C1CCCN(C(=O)CN)C1. The van der Waals surface area contributed by atoms with E-state index in [1.54, 1.807) is 0 Å². The molecular weight excluding hydrogens is 214 g/mol. The Hall–Kier alpha value is -1.13. The number of nitrogens with zero attached hydrogens (tertiary/aromatic N) is 2. The normalized spacial score (nSPS) is 20.4. The number of carbonyl (C=O) groups is 1. The number of hydrogen-bond donors (Lipinski definition) is 1. The Morgan fingerprint density at radius 1 is 1.41 bits per heavy atom. The van der Waals surface area contributed by atoms with Crippen LogP contribution in [0.5, 0.6) is 0 Å². The summed E-state index contributed by atoms with van der Waals surface area (Å²) >= 11 is 0. The van der Waals surface area contributed by atoms with Gasteiger partial charge in [0.05, 0.1) is 6.54 Å². The molecular formula is C13H23N3O. The molecule has 1 amide bonds. The van der Waals surface area contributed by atoms with Crippen molar-refractivity contribution in [3.63, 3.8) is 0 Å². The zero-order chi connectivity index (χ0) is 12.7. The van der Waals surface area contributed by atoms with Crippen molar-refractivity contribution < 1.29 is 4.79 Å². The summed E-state index contributed by atoms with van der Waals surface area (Å²) in [4.78, 5) is 15.8. The van der Waals surface area contributed by atoms with Crippen LogP contribution in [0.15, 0.2) is 25.3 Å². The van der Waals surface area contributed by atoms with E-state index in [0.29, 0.717) is 6.04 Å². The molecule has 0 spiro atoms. The van der Waals surface area contributed by atoms with Crippen LogP contribution < -0.4 is 5.73 Å². The van der Waals surface area contributed by atoms with Gasteiger partial charge in [0, 0.05) is 32.2 Å². The third kappa shape index (κ3) is 3.98. The molecule has 96 valence electrons. The zero-order valence-corrected chi connectivity index (χ0v) is 10.5. The monoisotopic (exact) mass is 237 g/mol. The first-order valence-electron chi connectivity index (χ1n) is 6.16. The van der Waals surface area contributed by atoms with E-state index in [1.807, 2.05) is 17.1 Å². The largest absolute Gasteiger partial charge is 0.340 e. The van der Waals surface area contributed by atoms with E-state index in [-0.39, 0.29) is 12.5 Å². The number of carbonyl (C=O) groups excluding carboxylic acids is 1. The van der Waals surface area contributed by atoms with Crippen LogP contribution in [-0.4, -0.2) is 54.5 Å². The third-order valence-electron chi connectivity index (χ3n) is 3.17. The van der Waals surface area contributed by atoms with Crippen LogP contribution in [0.2, 0.25) is 0 Å². The molecule has 0 saturated carbocycles. The fraction of sp³-hybridized carbons (Fsp3) is 0.615. The van der Waals surface area contributed by atoms with Crippen molar-refractivity contribution in [2.75, 3.05) is 32.7 Å². The lowest BCUT2D eigenvalue weighted by atomic mass is 10.0. The van der Waals surface area contributed by atoms with Gasteiger partial charge in [0.15, 0.2) is 0 Å². The van der Waals surface area contributed by atoms with Crippen molar-refractivity contribution in [3.8, 4) is 0 Å². The van der Waals surface area contributed by atoms with E-state index < -0.39 is 0 Å². The molecule has 1 unspecified atom stereocenters. The lowest BCUT2D eigenvalue weighted by Crippen LogP contribution is -2.51. The minimum absolute atomic E-state index is 0.0480. The number of rotatable bonds is 6. The van der Waals surface area contributed by atoms with Gasteiger partial charge in [-0.05, 0) is 12.8 Å². The molecule has 0 aromatic carbocycles. The molecule has 0 aromatic heterocycles. The van der Waals surface area contributed by atoms with Crippen LogP contribution in [0, 0.1) is 0 Å². The number of piperidine rings is 1. The molecule has 0 bridgehead atoms. The van der Waals surface area contributed by atoms with Gasteiger partial charge < -0.3 is 10.6 Å². The fourth-order valence-corrected chi connectivity index (χ4v) is 2.31. The predicted octanol–water partition coefficient (Wildman–Crippen LogP) is 0.610. The van der Waals surface area contributed by atoms with Gasteiger partial charge in [0.2, 0.25) is 5.91 Å². The van der Waals surface area contributed by atoms with Crippen molar-refractivity contribution in [3.05, 3.63) is 25.3 Å². The van der Waals surface area contributed by atoms with Gasteiger partial charge in [-0.15, -0.1) is 13.2 Å². The molecule has 1 saturated heterocycles. The lowest BCUT2D eigenvalue weighted by Gasteiger charge is -2.38. The summed E-state index contributed by atoms with van der Waals surface area (Å²) < 4.78 is 0. The molecule has 1 atom stereocenters. The maximum Gasteiger partial charge on any atom is 0.236 e. The Morgan fingerprint density at radius 2 is 2.06 bits per heavy atom. The van der Waals surface area contributed by atoms with Crippen molar-refractivity contribution in [1.29, 1.82) is 0 Å². The Balaban J connectivity index is 2.59. The van der Waals surface area contributed by atoms with Crippen molar-refractivity contribution >= 4 is 5.91 Å². The first-order chi connectivity index (χ1) is 8.22. The van der Waals surface area contributed by atoms with Crippen molar-refractivity contribution in [2.24, 2.45) is 5.73 Å². The van der Waals surface area contributed by atoms with E-state index >= 15 is 0 Å². The first-order valence-corrected chi connectivity index (χ1v) is 6.16. The second kappa shape index (κ2) is 7.25. The quantitative estimate of drug-likeness (QED) is 0.689. The molecule has 0 aliphatic carbocycles. The first kappa shape index (κ1) is 13.9. The van der Waals surface area contributed by atoms with Gasteiger partial charge in [-0.25, -0.2) is 0 Å². The summed E-state index contributed by atoms with van der Waals surface area (Å²) in [7, 11) is 0. The van der Waals surface area contributed by atoms with Gasteiger partial charge in [-0.1, -0.05) is 12.2 Å². The molecule has 1 aliphatic rings. The van der Waals surface area contributed by atoms with Gasteiger partial charge in [-0.2, -0.15) is 0 Å². The summed E-state index contributed by atoms with van der Waals surface area (Å²) in [6.45, 7) is 10.9. The molecule has 0 aromatic rings. The van der Waals surface area contributed by atoms with E-state index in [2.05, 4.69) is 18.1 Å². The summed E-state index contributed by atoms with van der Waals surface area (Å²) in [6.07, 6.45) is 5.96. The molecule has 2 N–H and O–H groups in total. The highest BCUT2D eigenvalue weighted by Gasteiger charge is 2.26. The average molecular weight is 237 g/mol. The fourth-order valence-electron chi connectivity index (χ4n) is 2.31. The Bertz CT molecular complexity index is 268. The molecule has 0 radical (unpaired) electrons. The van der Waals surface area contributed by atoms with Gasteiger partial charge in [0.25, 0.3) is 0 Å². The second-order valence-electron chi connectivity index (χ2n) is 4.37. The highest BCUT2D eigenvalue weighted by Crippen LogP contribution is 2.16. The molecule has 4 nitrogen and oxygen atoms in total. The van der Waals surface area contributed by atoms with E-state index in [1.165, 1.54) is 0 Å². The van der Waals surface area contributed by atoms with Crippen LogP contribution in [0.3, 0.4) is 0 Å². The van der Waals surface area contributed by atoms with Crippen LogP contribution in [0.25, 0.3) is 0 Å². The van der Waals surface area contributed by atoms with Crippen LogP contribution in [0.4, 0.5) is 0 Å². The molecule has 4 heteroatoms. The molecule has 1 fully saturated rings. The van der Waals surface area contributed by atoms with E-state index in [9.17, 15) is 4.79 Å². The Kier molecular flexibility index (Phi) is 5.94. The Labute approximate surface area is 104 Å². The predicted molar refractivity (Wildman–Crippen MR) is 70.6 cm³/mol. The minimum Gasteiger partial charge on any atom is -0.340 e. The summed E-state index contributed by atoms with van der Waals surface area (Å²) in [5.41, 5.74) is 5.40. The number of nitrogens with two attached hydrogens (primary N) is 1. The maximum atomic E-state index is 11.6. The zero-order valence-electron chi connectivity index (χ0n) is 10.5. The lowest BCUT2D eigenvalue weighted by molar-refractivity contribution is -0.131. The summed E-state index contributed by atoms with van der Waals surface area (Å²) in [6, 6.07) is 0.398. The van der Waals surface area contributed by atoms with Crippen molar-refractivity contribution in [2.45, 2.75) is 18.9 Å². The van der Waals surface area contributed by atoms with Crippen LogP contribution >= 0.6 is 0 Å². The Morgan fingerprint density at radius 3 is 2.59 bits per heavy atom. The van der Waals surface area contributed by atoms with Gasteiger partial charge >= 0.3 is 0 Å². The van der Waals surface area contributed by atoms with Gasteiger partial charge in [0.1, 0.15) is 0 Å². The minimum atomic E-state index is 0.0480. The maximum absolute atomic E-state index is 11.6. The number of likely N-dealkylation sites (tertiary alicyclic amines) is 1. The smallest absolute Gasteiger partial charge is 0.236 e. The number of hydrogen-bond acceptors (Lipinski definition) is 3. The van der Waals surface area contributed by atoms with E-state index in [4.69, 9.17) is 5.73 Å². The highest BCUT2D eigenvalue weighted by molar-refractivity contribution is 5.78. The summed E-state index contributed by atoms with van der Waals surface area (Å²) in [5.74, 6) is 0.0480. The number of amides is 1. The van der Waals surface area contributed by atoms with Crippen LogP contribution in [0.1, 0.15) is 12.8 Å². The standard InChI is InChI=1S/C13H23N3O/c1-3-7-15(8-4-2)12-6-5-9-16(11-12)13(17)10-14/h3-4,12H,1-2,5-11,14H2. The molecule has 1 aliphatic heterocycles. The topological polar surface area (TPSA) is 49.6 Å². The molecule has 1 rings (SSSR count). The summed E-state index contributed by atoms with van der Waals surface area (Å²) in [5, 5.41) is 0. The highest BCUT2D eigenvalue weighted by atomic mass is 16.2. The third-order valence-corrected chi connectivity index (χ3v) is 3.17. The second-order valence-corrected chi connectivity index (χ2v) is 4.37. The van der Waals surface area contributed by atoms with Crippen LogP contribution in [-0.2, 0) is 4.79 Å². The average Bonchev–Trinajstić information content (AvgIpc) is 2.37. The van der Waals surface area contributed by atoms with Crippen molar-refractivity contribution in [1.82, 2.24) is 9.80 Å². The van der Waals surface area contributed by atoms with E-state index in [0.717, 1.165) is 39.0 Å². The van der Waals surface area contributed by atoms with Gasteiger partial charge in [-0.3, -0.25) is 9.69 Å². The molecule has 17 heavy (non-hydrogen) atoms. The molecule has 1 heterocycles.